The number of carbonyl (C=O) groups excluding carboxylic acids is 1. The van der Waals surface area contributed by atoms with Crippen molar-refractivity contribution in [1.82, 2.24) is 4.98 Å². The number of hydrogen-bond acceptors (Lipinski definition) is 3. The molecule has 0 atom stereocenters. The molecule has 1 heterocycles. The van der Waals surface area contributed by atoms with E-state index in [2.05, 4.69) is 4.98 Å². The maximum atomic E-state index is 11.3. The van der Waals surface area contributed by atoms with Crippen LogP contribution in [-0.2, 0) is 0 Å². The molecule has 0 N–H and O–H groups in total. The van der Waals surface area contributed by atoms with Crippen LogP contribution in [0.25, 0.3) is 11.3 Å². The number of methoxy groups -OCH3 is 1. The summed E-state index contributed by atoms with van der Waals surface area (Å²) in [5, 5.41) is 0. The van der Waals surface area contributed by atoms with E-state index >= 15 is 0 Å². The number of hydrogen-bond donors (Lipinski definition) is 0. The molecule has 0 bridgehead atoms. The van der Waals surface area contributed by atoms with Crippen molar-refractivity contribution in [2.24, 2.45) is 0 Å². The molecule has 86 valence electrons. The lowest BCUT2D eigenvalue weighted by atomic mass is 10.1. The number of benzene rings is 1. The van der Waals surface area contributed by atoms with Crippen LogP contribution in [0.4, 0.5) is 0 Å². The molecule has 0 radical (unpaired) electrons. The van der Waals surface area contributed by atoms with Crippen molar-refractivity contribution in [2.45, 2.75) is 6.92 Å². The maximum absolute atomic E-state index is 11.3. The molecule has 3 nitrogen and oxygen atoms in total. The summed E-state index contributed by atoms with van der Waals surface area (Å²) in [6.45, 7) is 1.55. The van der Waals surface area contributed by atoms with Crippen LogP contribution in [0.2, 0.25) is 0 Å². The number of Topliss-reactive ketones (excluding diaryl/α,β-unsaturated/α-hetero) is 1. The number of carbonyl (C=O) groups is 1. The first-order valence-electron chi connectivity index (χ1n) is 5.32. The second-order valence-corrected chi connectivity index (χ2v) is 3.71. The largest absolute Gasteiger partial charge is 0.497 e. The van der Waals surface area contributed by atoms with Gasteiger partial charge in [-0.25, -0.2) is 0 Å². The molecule has 0 fully saturated rings. The molecule has 0 aliphatic heterocycles. The summed E-state index contributed by atoms with van der Waals surface area (Å²) in [5.74, 6) is 0.846. The van der Waals surface area contributed by atoms with Crippen LogP contribution in [0.5, 0.6) is 5.75 Å². The third-order valence-electron chi connectivity index (χ3n) is 2.55. The minimum atomic E-state index is 0.0437. The topological polar surface area (TPSA) is 39.2 Å². The lowest BCUT2D eigenvalue weighted by molar-refractivity contribution is 0.101. The van der Waals surface area contributed by atoms with Gasteiger partial charge >= 0.3 is 0 Å². The van der Waals surface area contributed by atoms with E-state index in [1.165, 1.54) is 0 Å². The van der Waals surface area contributed by atoms with Crippen molar-refractivity contribution in [2.75, 3.05) is 7.11 Å². The molecule has 17 heavy (non-hydrogen) atoms. The minimum absolute atomic E-state index is 0.0437. The van der Waals surface area contributed by atoms with Crippen LogP contribution in [0.3, 0.4) is 0 Å². The van der Waals surface area contributed by atoms with Crippen LogP contribution in [0.15, 0.2) is 42.6 Å². The van der Waals surface area contributed by atoms with Gasteiger partial charge in [0.05, 0.1) is 12.8 Å². The van der Waals surface area contributed by atoms with Crippen LogP contribution in [0.1, 0.15) is 17.3 Å². The standard InChI is InChI=1S/C14H13NO2/c1-10(16)12-7-8-15-14(9-12)11-3-5-13(17-2)6-4-11/h3-9H,1-2H3. The van der Waals surface area contributed by atoms with Gasteiger partial charge in [-0.1, -0.05) is 0 Å². The lowest BCUT2D eigenvalue weighted by Gasteiger charge is -2.04. The molecule has 1 aromatic heterocycles. The van der Waals surface area contributed by atoms with E-state index in [-0.39, 0.29) is 5.78 Å². The third kappa shape index (κ3) is 2.50. The number of rotatable bonds is 3. The van der Waals surface area contributed by atoms with Crippen molar-refractivity contribution in [3.05, 3.63) is 48.2 Å². The zero-order chi connectivity index (χ0) is 12.3. The molecule has 0 saturated heterocycles. The summed E-state index contributed by atoms with van der Waals surface area (Å²) in [5.41, 5.74) is 2.43. The molecule has 0 unspecified atom stereocenters. The van der Waals surface area contributed by atoms with E-state index in [0.717, 1.165) is 17.0 Å². The number of nitrogens with zero attached hydrogens (tertiary/aromatic N) is 1. The first kappa shape index (κ1) is 11.3. The minimum Gasteiger partial charge on any atom is -0.497 e. The zero-order valence-corrected chi connectivity index (χ0v) is 9.81. The fourth-order valence-corrected chi connectivity index (χ4v) is 1.57. The number of aromatic nitrogens is 1. The quantitative estimate of drug-likeness (QED) is 0.757. The van der Waals surface area contributed by atoms with Crippen molar-refractivity contribution in [3.8, 4) is 17.0 Å². The number of ketones is 1. The normalized spacial score (nSPS) is 10.0. The summed E-state index contributed by atoms with van der Waals surface area (Å²) in [4.78, 5) is 15.5. The van der Waals surface area contributed by atoms with E-state index in [0.29, 0.717) is 5.56 Å². The Morgan fingerprint density at radius 1 is 1.18 bits per heavy atom. The van der Waals surface area contributed by atoms with E-state index in [4.69, 9.17) is 4.74 Å². The van der Waals surface area contributed by atoms with Crippen molar-refractivity contribution >= 4 is 5.78 Å². The molecule has 3 heteroatoms. The third-order valence-corrected chi connectivity index (χ3v) is 2.55. The predicted molar refractivity (Wildman–Crippen MR) is 66.2 cm³/mol. The average molecular weight is 227 g/mol. The average Bonchev–Trinajstić information content (AvgIpc) is 2.39. The molecular formula is C14H13NO2. The van der Waals surface area contributed by atoms with Gasteiger partial charge in [-0.2, -0.15) is 0 Å². The van der Waals surface area contributed by atoms with Gasteiger partial charge in [-0.3, -0.25) is 9.78 Å². The van der Waals surface area contributed by atoms with E-state index < -0.39 is 0 Å². The summed E-state index contributed by atoms with van der Waals surface area (Å²) in [6, 6.07) is 11.1. The lowest BCUT2D eigenvalue weighted by Crippen LogP contribution is -1.93. The fourth-order valence-electron chi connectivity index (χ4n) is 1.57. The van der Waals surface area contributed by atoms with E-state index in [9.17, 15) is 4.79 Å². The Bertz CT molecular complexity index is 532. The Hall–Kier alpha value is -2.16. The van der Waals surface area contributed by atoms with Gasteiger partial charge in [0.15, 0.2) is 5.78 Å². The molecular weight excluding hydrogens is 214 g/mol. The fraction of sp³-hybridized carbons (Fsp3) is 0.143. The van der Waals surface area contributed by atoms with E-state index in [1.54, 1.807) is 32.4 Å². The van der Waals surface area contributed by atoms with Gasteiger partial charge < -0.3 is 4.74 Å². The Morgan fingerprint density at radius 2 is 1.88 bits per heavy atom. The molecule has 2 rings (SSSR count). The molecule has 1 aromatic carbocycles. The molecule has 0 aliphatic carbocycles. The summed E-state index contributed by atoms with van der Waals surface area (Å²) >= 11 is 0. The summed E-state index contributed by atoms with van der Waals surface area (Å²) < 4.78 is 5.09. The Labute approximate surface area is 100 Å². The van der Waals surface area contributed by atoms with Gasteiger partial charge in [0.1, 0.15) is 5.75 Å². The second kappa shape index (κ2) is 4.78. The smallest absolute Gasteiger partial charge is 0.159 e. The molecule has 0 amide bonds. The van der Waals surface area contributed by atoms with Crippen LogP contribution >= 0.6 is 0 Å². The Kier molecular flexibility index (Phi) is 3.19. The summed E-state index contributed by atoms with van der Waals surface area (Å²) in [6.07, 6.45) is 1.65. The van der Waals surface area contributed by atoms with Gasteiger partial charge in [-0.05, 0) is 43.3 Å². The highest BCUT2D eigenvalue weighted by molar-refractivity contribution is 5.94. The highest BCUT2D eigenvalue weighted by Crippen LogP contribution is 2.21. The molecule has 0 spiro atoms. The van der Waals surface area contributed by atoms with Crippen molar-refractivity contribution < 1.29 is 9.53 Å². The molecule has 0 aliphatic rings. The van der Waals surface area contributed by atoms with Crippen molar-refractivity contribution in [3.63, 3.8) is 0 Å². The first-order valence-corrected chi connectivity index (χ1v) is 5.32. The van der Waals surface area contributed by atoms with Crippen LogP contribution in [0, 0.1) is 0 Å². The SMILES string of the molecule is COc1ccc(-c2cc(C(C)=O)ccn2)cc1. The van der Waals surface area contributed by atoms with Crippen LogP contribution < -0.4 is 4.74 Å². The number of ether oxygens (including phenoxy) is 1. The predicted octanol–water partition coefficient (Wildman–Crippen LogP) is 2.96. The van der Waals surface area contributed by atoms with Gasteiger partial charge in [-0.15, -0.1) is 0 Å². The van der Waals surface area contributed by atoms with E-state index in [1.807, 2.05) is 24.3 Å². The first-order chi connectivity index (χ1) is 8.20. The van der Waals surface area contributed by atoms with Crippen molar-refractivity contribution in [1.29, 1.82) is 0 Å². The maximum Gasteiger partial charge on any atom is 0.159 e. The summed E-state index contributed by atoms with van der Waals surface area (Å²) in [7, 11) is 1.63. The molecule has 0 saturated carbocycles. The van der Waals surface area contributed by atoms with Crippen LogP contribution in [-0.4, -0.2) is 17.9 Å². The second-order valence-electron chi connectivity index (χ2n) is 3.71. The zero-order valence-electron chi connectivity index (χ0n) is 9.81. The Morgan fingerprint density at radius 3 is 2.47 bits per heavy atom. The highest BCUT2D eigenvalue weighted by atomic mass is 16.5. The Balaban J connectivity index is 2.38. The van der Waals surface area contributed by atoms with Gasteiger partial charge in [0.25, 0.3) is 0 Å². The van der Waals surface area contributed by atoms with Gasteiger partial charge in [0.2, 0.25) is 0 Å². The monoisotopic (exact) mass is 227 g/mol. The highest BCUT2D eigenvalue weighted by Gasteiger charge is 2.03. The van der Waals surface area contributed by atoms with Gasteiger partial charge in [0, 0.05) is 17.3 Å². The number of pyridine rings is 1. The molecule has 2 aromatic rings.